The third-order valence-electron chi connectivity index (χ3n) is 8.53. The molecule has 0 aromatic heterocycles. The number of aliphatic hydroxyl groups is 2. The number of hydrogen-bond donors (Lipinski definition) is 3. The molecular weight excluding hydrogens is 344 g/mol. The minimum Gasteiger partial charge on any atom is -0.481 e. The Balaban J connectivity index is 1.71. The summed E-state index contributed by atoms with van der Waals surface area (Å²) in [5.74, 6) is -0.326. The van der Waals surface area contributed by atoms with E-state index < -0.39 is 23.1 Å². The van der Waals surface area contributed by atoms with Crippen molar-refractivity contribution in [3.63, 3.8) is 0 Å². The second-order valence-corrected chi connectivity index (χ2v) is 9.71. The molecule has 3 N–H and O–H groups in total. The highest BCUT2D eigenvalue weighted by Crippen LogP contribution is 2.66. The lowest BCUT2D eigenvalue weighted by atomic mass is 9.47. The summed E-state index contributed by atoms with van der Waals surface area (Å²) in [5.41, 5.74) is -0.720. The van der Waals surface area contributed by atoms with Crippen molar-refractivity contribution < 1.29 is 24.9 Å². The maximum Gasteiger partial charge on any atom is 0.303 e. The molecule has 4 aliphatic rings. The van der Waals surface area contributed by atoms with Crippen LogP contribution in [0.2, 0.25) is 0 Å². The van der Waals surface area contributed by atoms with E-state index in [2.05, 4.69) is 19.1 Å². The van der Waals surface area contributed by atoms with Crippen LogP contribution in [0.15, 0.2) is 23.8 Å². The highest BCUT2D eigenvalue weighted by molar-refractivity contribution is 5.92. The molecule has 148 valence electrons. The number of ketones is 1. The number of carbonyl (C=O) groups is 2. The van der Waals surface area contributed by atoms with Crippen molar-refractivity contribution in [2.45, 2.75) is 70.5 Å². The third-order valence-corrected chi connectivity index (χ3v) is 8.53. The fraction of sp³-hybridized carbons (Fsp3) is 0.727. The van der Waals surface area contributed by atoms with Gasteiger partial charge in [0, 0.05) is 24.2 Å². The van der Waals surface area contributed by atoms with Crippen molar-refractivity contribution in [1.82, 2.24) is 0 Å². The molecule has 2 saturated carbocycles. The smallest absolute Gasteiger partial charge is 0.303 e. The lowest BCUT2D eigenvalue weighted by molar-refractivity contribution is -0.162. The van der Waals surface area contributed by atoms with Gasteiger partial charge in [0.1, 0.15) is 0 Å². The van der Waals surface area contributed by atoms with E-state index in [0.717, 1.165) is 18.4 Å². The van der Waals surface area contributed by atoms with E-state index in [-0.39, 0.29) is 41.8 Å². The SMILES string of the molecule is C[C@]12CCC(=O)C=C1C=C[C@@H]1[C@@H]2[C@H](O)C[C@@]2(C)[C@H]1CC[C@]2(O)CCC(=O)O. The van der Waals surface area contributed by atoms with Crippen LogP contribution < -0.4 is 0 Å². The van der Waals surface area contributed by atoms with Crippen LogP contribution >= 0.6 is 0 Å². The minimum absolute atomic E-state index is 0.0433. The summed E-state index contributed by atoms with van der Waals surface area (Å²) in [7, 11) is 0. The van der Waals surface area contributed by atoms with Crippen molar-refractivity contribution in [2.75, 3.05) is 0 Å². The van der Waals surface area contributed by atoms with Crippen LogP contribution in [-0.2, 0) is 9.59 Å². The number of carboxylic acids is 1. The molecule has 2 fully saturated rings. The van der Waals surface area contributed by atoms with Gasteiger partial charge in [-0.2, -0.15) is 0 Å². The van der Waals surface area contributed by atoms with Gasteiger partial charge in [0.25, 0.3) is 0 Å². The van der Waals surface area contributed by atoms with Crippen molar-refractivity contribution >= 4 is 11.8 Å². The molecular formula is C22H30O5. The Labute approximate surface area is 160 Å². The molecule has 0 aliphatic heterocycles. The molecule has 0 unspecified atom stereocenters. The molecule has 5 heteroatoms. The summed E-state index contributed by atoms with van der Waals surface area (Å²) in [6.07, 6.45) is 8.76. The quantitative estimate of drug-likeness (QED) is 0.706. The van der Waals surface area contributed by atoms with Crippen molar-refractivity contribution in [1.29, 1.82) is 0 Å². The zero-order chi connectivity index (χ0) is 19.6. The number of hydrogen-bond acceptors (Lipinski definition) is 4. The summed E-state index contributed by atoms with van der Waals surface area (Å²) >= 11 is 0. The standard InChI is InChI=1S/C22H30O5/c1-20-8-5-14(23)11-13(20)3-4-15-16-6-9-22(27,10-7-18(25)26)21(16,2)12-17(24)19(15)20/h3-4,11,15-17,19,24,27H,5-10,12H2,1-2H3,(H,25,26)/t15-,16-,17+,19+,20-,21-,22-/m0/s1. The first-order valence-electron chi connectivity index (χ1n) is 10.2. The minimum atomic E-state index is -1.05. The normalized spacial score (nSPS) is 48.4. The summed E-state index contributed by atoms with van der Waals surface area (Å²) < 4.78 is 0. The number of carbonyl (C=O) groups excluding carboxylic acids is 1. The molecule has 4 aliphatic carbocycles. The number of aliphatic hydroxyl groups excluding tert-OH is 1. The van der Waals surface area contributed by atoms with Crippen LogP contribution in [0.3, 0.4) is 0 Å². The van der Waals surface area contributed by atoms with Gasteiger partial charge in [-0.05, 0) is 61.0 Å². The van der Waals surface area contributed by atoms with Gasteiger partial charge in [-0.3, -0.25) is 9.59 Å². The van der Waals surface area contributed by atoms with Gasteiger partial charge < -0.3 is 15.3 Å². The zero-order valence-corrected chi connectivity index (χ0v) is 16.1. The second-order valence-electron chi connectivity index (χ2n) is 9.71. The molecule has 0 aromatic carbocycles. The van der Waals surface area contributed by atoms with Crippen LogP contribution in [0.5, 0.6) is 0 Å². The van der Waals surface area contributed by atoms with Gasteiger partial charge in [-0.1, -0.05) is 26.0 Å². The lowest BCUT2D eigenvalue weighted by Gasteiger charge is -2.59. The highest BCUT2D eigenvalue weighted by Gasteiger charge is 2.65. The van der Waals surface area contributed by atoms with Gasteiger partial charge >= 0.3 is 5.97 Å². The number of fused-ring (bicyclic) bond motifs is 5. The Bertz CT molecular complexity index is 739. The Morgan fingerprint density at radius 1 is 1.30 bits per heavy atom. The van der Waals surface area contributed by atoms with Crippen molar-refractivity contribution in [3.05, 3.63) is 23.8 Å². The Hall–Kier alpha value is -1.46. The zero-order valence-electron chi connectivity index (χ0n) is 16.1. The van der Waals surface area contributed by atoms with Gasteiger partial charge in [-0.15, -0.1) is 0 Å². The average molecular weight is 374 g/mol. The van der Waals surface area contributed by atoms with E-state index in [4.69, 9.17) is 5.11 Å². The van der Waals surface area contributed by atoms with Gasteiger partial charge in [0.2, 0.25) is 0 Å². The van der Waals surface area contributed by atoms with E-state index in [9.17, 15) is 19.8 Å². The molecule has 0 saturated heterocycles. The maximum atomic E-state index is 11.9. The van der Waals surface area contributed by atoms with E-state index >= 15 is 0 Å². The molecule has 27 heavy (non-hydrogen) atoms. The summed E-state index contributed by atoms with van der Waals surface area (Å²) in [4.78, 5) is 23.0. The topological polar surface area (TPSA) is 94.8 Å². The molecule has 4 rings (SSSR count). The fourth-order valence-corrected chi connectivity index (χ4v) is 6.95. The van der Waals surface area contributed by atoms with E-state index in [1.165, 1.54) is 0 Å². The monoisotopic (exact) mass is 374 g/mol. The van der Waals surface area contributed by atoms with Crippen LogP contribution in [0, 0.1) is 28.6 Å². The Morgan fingerprint density at radius 2 is 2.04 bits per heavy atom. The van der Waals surface area contributed by atoms with Crippen LogP contribution in [0.25, 0.3) is 0 Å². The number of aliphatic carboxylic acids is 1. The molecule has 0 bridgehead atoms. The Kier molecular flexibility index (Phi) is 4.21. The number of rotatable bonds is 3. The van der Waals surface area contributed by atoms with Gasteiger partial charge in [-0.25, -0.2) is 0 Å². The fourth-order valence-electron chi connectivity index (χ4n) is 6.95. The third kappa shape index (κ3) is 2.58. The molecule has 7 atom stereocenters. The highest BCUT2D eigenvalue weighted by atomic mass is 16.4. The maximum absolute atomic E-state index is 11.9. The molecule has 0 aromatic rings. The molecule has 0 spiro atoms. The van der Waals surface area contributed by atoms with Gasteiger partial charge in [0.05, 0.1) is 11.7 Å². The predicted molar refractivity (Wildman–Crippen MR) is 99.8 cm³/mol. The van der Waals surface area contributed by atoms with Crippen LogP contribution in [-0.4, -0.2) is 38.8 Å². The van der Waals surface area contributed by atoms with E-state index in [0.29, 0.717) is 19.3 Å². The Morgan fingerprint density at radius 3 is 2.74 bits per heavy atom. The van der Waals surface area contributed by atoms with Crippen LogP contribution in [0.1, 0.15) is 58.8 Å². The van der Waals surface area contributed by atoms with Gasteiger partial charge in [0.15, 0.2) is 5.78 Å². The molecule has 0 radical (unpaired) electrons. The number of allylic oxidation sites excluding steroid dienone is 4. The number of carboxylic acid groups (broad SMARTS) is 1. The first kappa shape index (κ1) is 18.9. The van der Waals surface area contributed by atoms with E-state index in [1.807, 2.05) is 6.92 Å². The van der Waals surface area contributed by atoms with E-state index in [1.54, 1.807) is 6.08 Å². The largest absolute Gasteiger partial charge is 0.481 e. The molecule has 5 nitrogen and oxygen atoms in total. The van der Waals surface area contributed by atoms with Crippen molar-refractivity contribution in [2.24, 2.45) is 28.6 Å². The molecule has 0 heterocycles. The lowest BCUT2D eigenvalue weighted by Crippen LogP contribution is -2.59. The average Bonchev–Trinajstić information content (AvgIpc) is 2.85. The van der Waals surface area contributed by atoms with Crippen LogP contribution in [0.4, 0.5) is 0 Å². The molecule has 0 amide bonds. The van der Waals surface area contributed by atoms with Crippen molar-refractivity contribution in [3.8, 4) is 0 Å². The summed E-state index contributed by atoms with van der Waals surface area (Å²) in [6.45, 7) is 4.21. The first-order chi connectivity index (χ1) is 12.6. The second kappa shape index (κ2) is 6.02. The first-order valence-corrected chi connectivity index (χ1v) is 10.2. The predicted octanol–water partition coefficient (Wildman–Crippen LogP) is 2.86. The summed E-state index contributed by atoms with van der Waals surface area (Å²) in [5, 5.41) is 31.7. The summed E-state index contributed by atoms with van der Waals surface area (Å²) in [6, 6.07) is 0.